The van der Waals surface area contributed by atoms with Crippen LogP contribution in [0.2, 0.25) is 0 Å². The first-order chi connectivity index (χ1) is 8.45. The molecular formula is C14H16N2S. The molecule has 0 radical (unpaired) electrons. The molecule has 0 fully saturated rings. The Hall–Kier alpha value is -1.48. The number of rotatable bonds is 6. The summed E-state index contributed by atoms with van der Waals surface area (Å²) in [5, 5.41) is 3.41. The van der Waals surface area contributed by atoms with Crippen LogP contribution in [0, 0.1) is 0 Å². The van der Waals surface area contributed by atoms with Crippen molar-refractivity contribution in [3.05, 3.63) is 54.9 Å². The number of nitrogens with zero attached hydrogens (tertiary/aromatic N) is 1. The van der Waals surface area contributed by atoms with E-state index in [-0.39, 0.29) is 0 Å². The molecule has 2 rings (SSSR count). The fraction of sp³-hybridized carbons (Fsp3) is 0.214. The number of para-hydroxylation sites is 1. The van der Waals surface area contributed by atoms with Crippen molar-refractivity contribution < 1.29 is 0 Å². The molecule has 88 valence electrons. The second kappa shape index (κ2) is 6.97. The quantitative estimate of drug-likeness (QED) is 0.620. The normalized spacial score (nSPS) is 10.1. The van der Waals surface area contributed by atoms with E-state index >= 15 is 0 Å². The molecule has 0 aliphatic heterocycles. The SMILES string of the molecule is c1ccc(NCCCSc2ccncc2)cc1. The topological polar surface area (TPSA) is 24.9 Å². The molecule has 1 N–H and O–H groups in total. The summed E-state index contributed by atoms with van der Waals surface area (Å²) in [7, 11) is 0. The van der Waals surface area contributed by atoms with E-state index in [1.165, 1.54) is 10.6 Å². The molecule has 1 aromatic carbocycles. The van der Waals surface area contributed by atoms with Crippen LogP contribution in [0.4, 0.5) is 5.69 Å². The lowest BCUT2D eigenvalue weighted by atomic mass is 10.3. The Morgan fingerprint density at radius 3 is 2.53 bits per heavy atom. The molecule has 0 bridgehead atoms. The summed E-state index contributed by atoms with van der Waals surface area (Å²) < 4.78 is 0. The molecule has 0 unspecified atom stereocenters. The van der Waals surface area contributed by atoms with Crippen LogP contribution in [-0.4, -0.2) is 17.3 Å². The third kappa shape index (κ3) is 4.49. The molecule has 3 heteroatoms. The summed E-state index contributed by atoms with van der Waals surface area (Å²) in [5.74, 6) is 1.13. The highest BCUT2D eigenvalue weighted by Crippen LogP contribution is 2.17. The lowest BCUT2D eigenvalue weighted by Crippen LogP contribution is -2.02. The van der Waals surface area contributed by atoms with Crippen LogP contribution >= 0.6 is 11.8 Å². The van der Waals surface area contributed by atoms with Crippen LogP contribution in [0.15, 0.2) is 59.8 Å². The predicted molar refractivity (Wildman–Crippen MR) is 74.5 cm³/mol. The van der Waals surface area contributed by atoms with Gasteiger partial charge in [0.1, 0.15) is 0 Å². The summed E-state index contributed by atoms with van der Waals surface area (Å²) in [6.45, 7) is 1.02. The van der Waals surface area contributed by atoms with Crippen molar-refractivity contribution in [3.63, 3.8) is 0 Å². The van der Waals surface area contributed by atoms with Crippen LogP contribution in [0.25, 0.3) is 0 Å². The van der Waals surface area contributed by atoms with Crippen molar-refractivity contribution >= 4 is 17.4 Å². The summed E-state index contributed by atoms with van der Waals surface area (Å²) in [6, 6.07) is 14.4. The Labute approximate surface area is 106 Å². The van der Waals surface area contributed by atoms with Crippen LogP contribution in [0.1, 0.15) is 6.42 Å². The van der Waals surface area contributed by atoms with E-state index in [0.29, 0.717) is 0 Å². The van der Waals surface area contributed by atoms with Crippen LogP contribution in [0.3, 0.4) is 0 Å². The summed E-state index contributed by atoms with van der Waals surface area (Å²) in [6.07, 6.45) is 4.83. The number of pyridine rings is 1. The Kier molecular flexibility index (Phi) is 4.91. The number of hydrogen-bond acceptors (Lipinski definition) is 3. The van der Waals surface area contributed by atoms with Crippen molar-refractivity contribution in [2.24, 2.45) is 0 Å². The molecule has 0 atom stereocenters. The van der Waals surface area contributed by atoms with Crippen molar-refractivity contribution in [1.29, 1.82) is 0 Å². The maximum Gasteiger partial charge on any atom is 0.0340 e. The first-order valence-corrected chi connectivity index (χ1v) is 6.75. The van der Waals surface area contributed by atoms with E-state index in [1.54, 1.807) is 0 Å². The van der Waals surface area contributed by atoms with E-state index in [4.69, 9.17) is 0 Å². The minimum Gasteiger partial charge on any atom is -0.385 e. The van der Waals surface area contributed by atoms with Gasteiger partial charge in [0, 0.05) is 29.5 Å². The van der Waals surface area contributed by atoms with Gasteiger partial charge in [-0.3, -0.25) is 4.98 Å². The monoisotopic (exact) mass is 244 g/mol. The number of aromatic nitrogens is 1. The zero-order valence-electron chi connectivity index (χ0n) is 9.67. The highest BCUT2D eigenvalue weighted by Gasteiger charge is 1.93. The number of benzene rings is 1. The molecule has 17 heavy (non-hydrogen) atoms. The van der Waals surface area contributed by atoms with Crippen molar-refractivity contribution in [3.8, 4) is 0 Å². The second-order valence-corrected chi connectivity index (χ2v) is 4.85. The Balaban J connectivity index is 1.61. The number of nitrogens with one attached hydrogen (secondary N) is 1. The molecule has 0 saturated carbocycles. The summed E-state index contributed by atoms with van der Waals surface area (Å²) in [5.41, 5.74) is 1.20. The molecule has 1 heterocycles. The smallest absolute Gasteiger partial charge is 0.0340 e. The van der Waals surface area contributed by atoms with Crippen molar-refractivity contribution in [1.82, 2.24) is 4.98 Å². The van der Waals surface area contributed by atoms with E-state index < -0.39 is 0 Å². The molecule has 0 aliphatic carbocycles. The minimum atomic E-state index is 1.02. The first-order valence-electron chi connectivity index (χ1n) is 5.77. The van der Waals surface area contributed by atoms with Gasteiger partial charge in [0.2, 0.25) is 0 Å². The van der Waals surface area contributed by atoms with Crippen LogP contribution in [0.5, 0.6) is 0 Å². The molecule has 0 aliphatic rings. The zero-order valence-corrected chi connectivity index (χ0v) is 10.5. The standard InChI is InChI=1S/C14H16N2S/c1-2-5-13(6-3-1)16-9-4-12-17-14-7-10-15-11-8-14/h1-3,5-8,10-11,16H,4,9,12H2. The van der Waals surface area contributed by atoms with E-state index in [0.717, 1.165) is 18.7 Å². The fourth-order valence-corrected chi connectivity index (χ4v) is 2.32. The average molecular weight is 244 g/mol. The summed E-state index contributed by atoms with van der Waals surface area (Å²) >= 11 is 1.88. The van der Waals surface area contributed by atoms with Gasteiger partial charge >= 0.3 is 0 Å². The molecule has 0 saturated heterocycles. The maximum absolute atomic E-state index is 4.00. The zero-order chi connectivity index (χ0) is 11.8. The molecule has 2 nitrogen and oxygen atoms in total. The highest BCUT2D eigenvalue weighted by molar-refractivity contribution is 7.99. The van der Waals surface area contributed by atoms with E-state index in [2.05, 4.69) is 34.6 Å². The van der Waals surface area contributed by atoms with Gasteiger partial charge in [0.05, 0.1) is 0 Å². The van der Waals surface area contributed by atoms with Gasteiger partial charge in [0.15, 0.2) is 0 Å². The van der Waals surface area contributed by atoms with Gasteiger partial charge in [-0.15, -0.1) is 11.8 Å². The van der Waals surface area contributed by atoms with Crippen LogP contribution in [-0.2, 0) is 0 Å². The third-order valence-electron chi connectivity index (χ3n) is 2.34. The largest absolute Gasteiger partial charge is 0.385 e. The third-order valence-corrected chi connectivity index (χ3v) is 3.44. The molecule has 0 spiro atoms. The minimum absolute atomic E-state index is 1.02. The molecule has 0 amide bonds. The summed E-state index contributed by atoms with van der Waals surface area (Å²) in [4.78, 5) is 5.30. The lowest BCUT2D eigenvalue weighted by Gasteiger charge is -2.05. The Bertz CT molecular complexity index is 375. The lowest BCUT2D eigenvalue weighted by molar-refractivity contribution is 0.991. The molecular weight excluding hydrogens is 228 g/mol. The predicted octanol–water partition coefficient (Wildman–Crippen LogP) is 3.68. The van der Waals surface area contributed by atoms with Gasteiger partial charge in [-0.2, -0.15) is 0 Å². The Morgan fingerprint density at radius 1 is 1.00 bits per heavy atom. The first kappa shape index (κ1) is 12.0. The second-order valence-electron chi connectivity index (χ2n) is 3.68. The number of anilines is 1. The molecule has 2 aromatic rings. The van der Waals surface area contributed by atoms with Crippen LogP contribution < -0.4 is 5.32 Å². The highest BCUT2D eigenvalue weighted by atomic mass is 32.2. The maximum atomic E-state index is 4.00. The van der Waals surface area contributed by atoms with Gasteiger partial charge < -0.3 is 5.32 Å². The van der Waals surface area contributed by atoms with Gasteiger partial charge in [-0.1, -0.05) is 18.2 Å². The fourth-order valence-electron chi connectivity index (χ4n) is 1.49. The Morgan fingerprint density at radius 2 is 1.76 bits per heavy atom. The van der Waals surface area contributed by atoms with Crippen molar-refractivity contribution in [2.45, 2.75) is 11.3 Å². The molecule has 1 aromatic heterocycles. The van der Waals surface area contributed by atoms with Gasteiger partial charge in [-0.25, -0.2) is 0 Å². The van der Waals surface area contributed by atoms with Gasteiger partial charge in [-0.05, 0) is 36.4 Å². The average Bonchev–Trinajstić information content (AvgIpc) is 2.41. The number of thioether (sulfide) groups is 1. The number of hydrogen-bond donors (Lipinski definition) is 1. The van der Waals surface area contributed by atoms with E-state index in [1.807, 2.05) is 42.4 Å². The van der Waals surface area contributed by atoms with Gasteiger partial charge in [0.25, 0.3) is 0 Å². The van der Waals surface area contributed by atoms with E-state index in [9.17, 15) is 0 Å². The van der Waals surface area contributed by atoms with Crippen molar-refractivity contribution in [2.75, 3.05) is 17.6 Å².